The average molecular weight is 420 g/mol. The number of nitriles is 2. The number of hydrogen-bond acceptors (Lipinski definition) is 11. The number of aliphatic imine (C=N–C) groups is 1. The smallest absolute Gasteiger partial charge is 0.344 e. The molecule has 31 heavy (non-hydrogen) atoms. The second-order valence-corrected chi connectivity index (χ2v) is 6.80. The van der Waals surface area contributed by atoms with Gasteiger partial charge >= 0.3 is 5.97 Å². The molecule has 2 aromatic rings. The lowest BCUT2D eigenvalue weighted by atomic mass is 9.95. The van der Waals surface area contributed by atoms with Gasteiger partial charge in [-0.15, -0.1) is 0 Å². The summed E-state index contributed by atoms with van der Waals surface area (Å²) in [6.07, 6.45) is 1.57. The largest absolute Gasteiger partial charge is 0.482 e. The van der Waals surface area contributed by atoms with Crippen LogP contribution in [0.25, 0.3) is 0 Å². The molecule has 0 fully saturated rings. The van der Waals surface area contributed by atoms with Gasteiger partial charge in [-0.05, 0) is 31.5 Å². The summed E-state index contributed by atoms with van der Waals surface area (Å²) in [5, 5.41) is 23.6. The summed E-state index contributed by atoms with van der Waals surface area (Å²) in [6.45, 7) is 3.29. The molecule has 0 amide bonds. The molecule has 11 nitrogen and oxygen atoms in total. The number of nitrogen functional groups attached to an aromatic ring is 2. The Bertz CT molecular complexity index is 1110. The van der Waals surface area contributed by atoms with E-state index in [1.54, 1.807) is 44.3 Å². The van der Waals surface area contributed by atoms with E-state index in [0.717, 1.165) is 0 Å². The molecule has 6 N–H and O–H groups in total. The first-order valence-corrected chi connectivity index (χ1v) is 9.25. The van der Waals surface area contributed by atoms with E-state index in [-0.39, 0.29) is 35.7 Å². The monoisotopic (exact) mass is 420 g/mol. The number of ether oxygens (including phenoxy) is 2. The number of rotatable bonds is 5. The standard InChI is InChI=1S/C20H20N8O3/c1-10(2)31-14(29)8-30-12-5-3-11(4-6-12)17-15-16(23)13(7-21)18(24)27-19(15)28-20(26-17)25-9-22/h3-6,10,17H,8H2,1-2H3,(H6,23,24,25,26,27,28). The summed E-state index contributed by atoms with van der Waals surface area (Å²) in [5.74, 6) is 0.416. The lowest BCUT2D eigenvalue weighted by Crippen LogP contribution is -2.32. The molecule has 1 aromatic carbocycles. The molecule has 0 radical (unpaired) electrons. The Morgan fingerprint density at radius 2 is 2.00 bits per heavy atom. The molecule has 0 saturated carbocycles. The van der Waals surface area contributed by atoms with Crippen LogP contribution >= 0.6 is 0 Å². The minimum Gasteiger partial charge on any atom is -0.482 e. The van der Waals surface area contributed by atoms with Crippen molar-refractivity contribution in [2.75, 3.05) is 23.4 Å². The molecular weight excluding hydrogens is 400 g/mol. The molecule has 1 aliphatic heterocycles. The molecule has 0 spiro atoms. The van der Waals surface area contributed by atoms with Gasteiger partial charge in [0.05, 0.1) is 11.8 Å². The van der Waals surface area contributed by atoms with E-state index in [9.17, 15) is 10.1 Å². The number of fused-ring (bicyclic) bond motifs is 1. The predicted octanol–water partition coefficient (Wildman–Crippen LogP) is 1.39. The van der Waals surface area contributed by atoms with Gasteiger partial charge in [0.2, 0.25) is 5.96 Å². The van der Waals surface area contributed by atoms with Gasteiger partial charge in [-0.1, -0.05) is 12.1 Å². The molecule has 2 heterocycles. The number of hydrogen-bond donors (Lipinski definition) is 4. The maximum absolute atomic E-state index is 11.6. The Labute approximate surface area is 178 Å². The molecule has 0 saturated heterocycles. The molecule has 11 heteroatoms. The van der Waals surface area contributed by atoms with E-state index in [4.69, 9.17) is 26.2 Å². The fourth-order valence-corrected chi connectivity index (χ4v) is 3.01. The van der Waals surface area contributed by atoms with Crippen molar-refractivity contribution in [1.82, 2.24) is 10.3 Å². The highest BCUT2D eigenvalue weighted by Crippen LogP contribution is 2.40. The number of nitrogens with zero attached hydrogens (tertiary/aromatic N) is 4. The summed E-state index contributed by atoms with van der Waals surface area (Å²) < 4.78 is 10.5. The van der Waals surface area contributed by atoms with Gasteiger partial charge in [0, 0.05) is 5.56 Å². The molecule has 1 aromatic heterocycles. The molecule has 1 atom stereocenters. The lowest BCUT2D eigenvalue weighted by molar-refractivity contribution is -0.149. The number of esters is 1. The van der Waals surface area contributed by atoms with E-state index in [1.807, 2.05) is 6.07 Å². The molecule has 0 aliphatic carbocycles. The normalized spacial score (nSPS) is 14.4. The van der Waals surface area contributed by atoms with Crippen molar-refractivity contribution in [3.05, 3.63) is 41.0 Å². The van der Waals surface area contributed by atoms with E-state index < -0.39 is 12.0 Å². The van der Waals surface area contributed by atoms with Gasteiger partial charge in [-0.2, -0.15) is 10.5 Å². The highest BCUT2D eigenvalue weighted by atomic mass is 16.6. The molecule has 0 bridgehead atoms. The lowest BCUT2D eigenvalue weighted by Gasteiger charge is -2.26. The number of benzene rings is 1. The van der Waals surface area contributed by atoms with Crippen molar-refractivity contribution in [2.24, 2.45) is 4.99 Å². The Hall–Kier alpha value is -4.51. The van der Waals surface area contributed by atoms with Gasteiger partial charge in [0.1, 0.15) is 35.1 Å². The zero-order chi connectivity index (χ0) is 22.5. The zero-order valence-electron chi connectivity index (χ0n) is 16.8. The van der Waals surface area contributed by atoms with Crippen LogP contribution in [0.15, 0.2) is 29.3 Å². The van der Waals surface area contributed by atoms with Gasteiger partial charge < -0.3 is 26.3 Å². The number of nitrogens with two attached hydrogens (primary N) is 2. The van der Waals surface area contributed by atoms with Gasteiger partial charge in [-0.3, -0.25) is 5.32 Å². The van der Waals surface area contributed by atoms with Gasteiger partial charge in [-0.25, -0.2) is 14.8 Å². The van der Waals surface area contributed by atoms with Crippen molar-refractivity contribution >= 4 is 29.3 Å². The van der Waals surface area contributed by atoms with Gasteiger partial charge in [0.15, 0.2) is 12.8 Å². The van der Waals surface area contributed by atoms with Crippen LogP contribution in [0.5, 0.6) is 5.75 Å². The second-order valence-electron chi connectivity index (χ2n) is 6.80. The molecule has 158 valence electrons. The minimum atomic E-state index is -0.660. The first kappa shape index (κ1) is 21.2. The SMILES string of the molecule is CC(C)OC(=O)COc1ccc(C2N=C(NC#N)Nc3nc(N)c(C#N)c(N)c32)cc1. The van der Waals surface area contributed by atoms with Crippen LogP contribution < -0.4 is 26.8 Å². The van der Waals surface area contributed by atoms with Crippen LogP contribution in [0, 0.1) is 22.8 Å². The topological polar surface area (TPSA) is 184 Å². The summed E-state index contributed by atoms with van der Waals surface area (Å²) in [6, 6.07) is 8.09. The Morgan fingerprint density at radius 1 is 1.29 bits per heavy atom. The van der Waals surface area contributed by atoms with Crippen LogP contribution in [-0.2, 0) is 9.53 Å². The maximum Gasteiger partial charge on any atom is 0.344 e. The summed E-state index contributed by atoms with van der Waals surface area (Å²) in [4.78, 5) is 20.3. The molecular formula is C20H20N8O3. The van der Waals surface area contributed by atoms with E-state index >= 15 is 0 Å². The highest BCUT2D eigenvalue weighted by molar-refractivity contribution is 5.98. The van der Waals surface area contributed by atoms with Crippen LogP contribution in [-0.4, -0.2) is 29.6 Å². The van der Waals surface area contributed by atoms with E-state index in [1.165, 1.54) is 0 Å². The van der Waals surface area contributed by atoms with Crippen molar-refractivity contribution in [2.45, 2.75) is 26.0 Å². The van der Waals surface area contributed by atoms with E-state index in [0.29, 0.717) is 22.7 Å². The quantitative estimate of drug-likeness (QED) is 0.313. The van der Waals surface area contributed by atoms with Crippen molar-refractivity contribution in [1.29, 1.82) is 10.5 Å². The summed E-state index contributed by atoms with van der Waals surface area (Å²) in [5.41, 5.74) is 13.4. The molecule has 1 aliphatic rings. The third-order valence-electron chi connectivity index (χ3n) is 4.28. The van der Waals surface area contributed by atoms with E-state index in [2.05, 4.69) is 20.6 Å². The predicted molar refractivity (Wildman–Crippen MR) is 113 cm³/mol. The number of guanidine groups is 1. The number of aromatic nitrogens is 1. The van der Waals surface area contributed by atoms with Crippen molar-refractivity contribution in [3.63, 3.8) is 0 Å². The van der Waals surface area contributed by atoms with Crippen molar-refractivity contribution in [3.8, 4) is 18.0 Å². The minimum absolute atomic E-state index is 0.0276. The highest BCUT2D eigenvalue weighted by Gasteiger charge is 2.29. The average Bonchev–Trinajstić information content (AvgIpc) is 2.72. The van der Waals surface area contributed by atoms with Crippen molar-refractivity contribution < 1.29 is 14.3 Å². The number of carbonyl (C=O) groups excluding carboxylic acids is 1. The second kappa shape index (κ2) is 8.88. The fourth-order valence-electron chi connectivity index (χ4n) is 3.01. The third kappa shape index (κ3) is 4.57. The van der Waals surface area contributed by atoms with Gasteiger partial charge in [0.25, 0.3) is 0 Å². The third-order valence-corrected chi connectivity index (χ3v) is 4.28. The first-order chi connectivity index (χ1) is 14.8. The number of anilines is 3. The summed E-state index contributed by atoms with van der Waals surface area (Å²) in [7, 11) is 0. The molecule has 1 unspecified atom stereocenters. The number of pyridine rings is 1. The number of nitrogens with one attached hydrogen (secondary N) is 2. The maximum atomic E-state index is 11.6. The van der Waals surface area contributed by atoms with Crippen LogP contribution in [0.2, 0.25) is 0 Å². The van der Waals surface area contributed by atoms with Crippen LogP contribution in [0.3, 0.4) is 0 Å². The van der Waals surface area contributed by atoms with Crippen LogP contribution in [0.4, 0.5) is 17.3 Å². The molecule has 3 rings (SSSR count). The summed E-state index contributed by atoms with van der Waals surface area (Å²) >= 11 is 0. The Balaban J connectivity index is 1.92. The Morgan fingerprint density at radius 3 is 2.61 bits per heavy atom. The van der Waals surface area contributed by atoms with Crippen LogP contribution in [0.1, 0.15) is 36.6 Å². The number of carbonyl (C=O) groups is 1. The Kier molecular flexibility index (Phi) is 6.07. The fraction of sp³-hybridized carbons (Fsp3) is 0.250. The zero-order valence-corrected chi connectivity index (χ0v) is 16.8. The first-order valence-electron chi connectivity index (χ1n) is 9.25.